The third kappa shape index (κ3) is 1.38. The van der Waals surface area contributed by atoms with Gasteiger partial charge in [-0.2, -0.15) is 0 Å². The van der Waals surface area contributed by atoms with Crippen molar-refractivity contribution >= 4 is 46.0 Å². The molecular weight excluding hydrogens is 223 g/mol. The summed E-state index contributed by atoms with van der Waals surface area (Å²) >= 11 is 11.6. The number of halogens is 2. The molecule has 2 rings (SSSR count). The van der Waals surface area contributed by atoms with Gasteiger partial charge in [0.05, 0.1) is 11.4 Å². The second-order valence-electron chi connectivity index (χ2n) is 2.81. The molecule has 0 spiro atoms. The minimum absolute atomic E-state index is 0.0205. The minimum atomic E-state index is -1.55. The smallest absolute Gasteiger partial charge is 0.250 e. The number of hydrogen-bond donors (Lipinski definition) is 1. The van der Waals surface area contributed by atoms with Crippen LogP contribution in [0.2, 0.25) is 0 Å². The van der Waals surface area contributed by atoms with Crippen LogP contribution in [0.3, 0.4) is 0 Å². The van der Waals surface area contributed by atoms with Crippen LogP contribution in [0.1, 0.15) is 0 Å². The number of aliphatic imine (C=N–C) groups is 1. The minimum Gasteiger partial charge on any atom is -0.353 e. The maximum Gasteiger partial charge on any atom is 0.250 e. The molecule has 0 amide bonds. The van der Waals surface area contributed by atoms with Gasteiger partial charge in [0.2, 0.25) is 5.00 Å². The lowest BCUT2D eigenvalue weighted by Crippen LogP contribution is -2.41. The van der Waals surface area contributed by atoms with E-state index in [0.717, 1.165) is 0 Å². The Balaban J connectivity index is 2.53. The van der Waals surface area contributed by atoms with Crippen LogP contribution in [0.25, 0.3) is 0 Å². The van der Waals surface area contributed by atoms with Gasteiger partial charge in [-0.25, -0.2) is 4.99 Å². The molecule has 1 N–H and O–H groups in total. The van der Waals surface area contributed by atoms with Gasteiger partial charge >= 0.3 is 0 Å². The summed E-state index contributed by atoms with van der Waals surface area (Å²) in [4.78, 5) is 13.1. The molecule has 0 saturated heterocycles. The first kappa shape index (κ1) is 9.49. The summed E-state index contributed by atoms with van der Waals surface area (Å²) in [6, 6.07) is 7.16. The van der Waals surface area contributed by atoms with Crippen molar-refractivity contribution in [3.8, 4) is 0 Å². The van der Waals surface area contributed by atoms with Crippen molar-refractivity contribution in [2.75, 3.05) is 5.32 Å². The van der Waals surface area contributed by atoms with E-state index in [-0.39, 0.29) is 5.17 Å². The number of para-hydroxylation sites is 2. The highest BCUT2D eigenvalue weighted by molar-refractivity contribution is 6.76. The number of rotatable bonds is 1. The van der Waals surface area contributed by atoms with Crippen LogP contribution in [0.4, 0.5) is 11.4 Å². The first-order valence-electron chi connectivity index (χ1n) is 3.86. The zero-order valence-corrected chi connectivity index (χ0v) is 8.43. The maximum atomic E-state index is 10.6. The molecular formula is C9H5Cl2N2O. The van der Waals surface area contributed by atoms with E-state index in [1.54, 1.807) is 18.4 Å². The number of benzene rings is 1. The van der Waals surface area contributed by atoms with Crippen molar-refractivity contribution in [3.05, 3.63) is 24.3 Å². The Morgan fingerprint density at radius 2 is 2.14 bits per heavy atom. The molecule has 1 radical (unpaired) electrons. The fourth-order valence-corrected chi connectivity index (χ4v) is 1.49. The summed E-state index contributed by atoms with van der Waals surface area (Å²) in [5.41, 5.74) is 1.32. The van der Waals surface area contributed by atoms with E-state index in [0.29, 0.717) is 11.4 Å². The molecule has 1 aliphatic rings. The molecule has 5 heteroatoms. The Morgan fingerprint density at radius 1 is 1.43 bits per heavy atom. The molecule has 1 aliphatic heterocycles. The van der Waals surface area contributed by atoms with Gasteiger partial charge in [0, 0.05) is 0 Å². The SMILES string of the molecule is O=[C]C1(Cl)Nc2ccccc2N=C1Cl. The summed E-state index contributed by atoms with van der Waals surface area (Å²) in [6.45, 7) is 0. The zero-order valence-electron chi connectivity index (χ0n) is 6.92. The Morgan fingerprint density at radius 3 is 2.86 bits per heavy atom. The molecule has 0 saturated carbocycles. The van der Waals surface area contributed by atoms with Crippen molar-refractivity contribution in [2.24, 2.45) is 4.99 Å². The normalized spacial score (nSPS) is 24.6. The molecule has 0 fully saturated rings. The third-order valence-corrected chi connectivity index (χ3v) is 2.67. The second-order valence-corrected chi connectivity index (χ2v) is 3.73. The zero-order chi connectivity index (χ0) is 10.2. The highest BCUT2D eigenvalue weighted by atomic mass is 35.5. The average Bonchev–Trinajstić information content (AvgIpc) is 2.20. The fraction of sp³-hybridized carbons (Fsp3) is 0.111. The van der Waals surface area contributed by atoms with Crippen molar-refractivity contribution in [1.29, 1.82) is 0 Å². The van der Waals surface area contributed by atoms with E-state index < -0.39 is 5.00 Å². The molecule has 1 aromatic carbocycles. The molecule has 3 nitrogen and oxygen atoms in total. The number of nitrogens with one attached hydrogen (secondary N) is 1. The van der Waals surface area contributed by atoms with E-state index in [2.05, 4.69) is 10.3 Å². The molecule has 0 aromatic heterocycles. The molecule has 14 heavy (non-hydrogen) atoms. The fourth-order valence-electron chi connectivity index (χ4n) is 1.16. The van der Waals surface area contributed by atoms with Gasteiger partial charge in [0.1, 0.15) is 0 Å². The van der Waals surface area contributed by atoms with Gasteiger partial charge < -0.3 is 5.32 Å². The molecule has 71 valence electrons. The number of anilines is 1. The van der Waals surface area contributed by atoms with Crippen LogP contribution in [0.15, 0.2) is 29.3 Å². The van der Waals surface area contributed by atoms with E-state index in [1.165, 1.54) is 0 Å². The van der Waals surface area contributed by atoms with Crippen LogP contribution in [-0.2, 0) is 4.79 Å². The summed E-state index contributed by atoms with van der Waals surface area (Å²) in [5, 5.41) is 2.73. The van der Waals surface area contributed by atoms with E-state index >= 15 is 0 Å². The quantitative estimate of drug-likeness (QED) is 0.592. The van der Waals surface area contributed by atoms with Crippen LogP contribution in [-0.4, -0.2) is 16.5 Å². The predicted octanol–water partition coefficient (Wildman–Crippen LogP) is 2.43. The van der Waals surface area contributed by atoms with Crippen LogP contribution < -0.4 is 5.32 Å². The molecule has 1 atom stereocenters. The predicted molar refractivity (Wildman–Crippen MR) is 57.3 cm³/mol. The highest BCUT2D eigenvalue weighted by Gasteiger charge is 2.37. The van der Waals surface area contributed by atoms with Crippen molar-refractivity contribution in [2.45, 2.75) is 5.00 Å². The van der Waals surface area contributed by atoms with Gasteiger partial charge in [0.15, 0.2) is 5.17 Å². The maximum absolute atomic E-state index is 10.6. The Kier molecular flexibility index (Phi) is 2.21. The first-order chi connectivity index (χ1) is 6.65. The third-order valence-electron chi connectivity index (χ3n) is 1.85. The number of hydrogen-bond acceptors (Lipinski definition) is 3. The second kappa shape index (κ2) is 3.26. The Hall–Kier alpha value is -1.06. The molecule has 0 aliphatic carbocycles. The van der Waals surface area contributed by atoms with Gasteiger partial charge in [-0.1, -0.05) is 35.3 Å². The molecule has 0 bridgehead atoms. The summed E-state index contributed by atoms with van der Waals surface area (Å²) in [5.74, 6) is 0. The number of carbonyl (C=O) groups excluding carboxylic acids is 1. The summed E-state index contributed by atoms with van der Waals surface area (Å²) in [6.07, 6.45) is 1.61. The molecule has 1 heterocycles. The highest BCUT2D eigenvalue weighted by Crippen LogP contribution is 2.35. The van der Waals surface area contributed by atoms with Gasteiger partial charge in [-0.05, 0) is 12.1 Å². The van der Waals surface area contributed by atoms with Crippen LogP contribution in [0, 0.1) is 0 Å². The lowest BCUT2D eigenvalue weighted by molar-refractivity contribution is 0.550. The van der Waals surface area contributed by atoms with E-state index in [9.17, 15) is 4.79 Å². The average molecular weight is 228 g/mol. The largest absolute Gasteiger partial charge is 0.353 e. The monoisotopic (exact) mass is 227 g/mol. The number of nitrogens with zero attached hydrogens (tertiary/aromatic N) is 1. The van der Waals surface area contributed by atoms with Crippen LogP contribution >= 0.6 is 23.2 Å². The molecule has 1 unspecified atom stereocenters. The van der Waals surface area contributed by atoms with Gasteiger partial charge in [0.25, 0.3) is 6.29 Å². The van der Waals surface area contributed by atoms with Crippen molar-refractivity contribution in [1.82, 2.24) is 0 Å². The Labute approximate surface area is 90.7 Å². The lowest BCUT2D eigenvalue weighted by atomic mass is 10.2. The first-order valence-corrected chi connectivity index (χ1v) is 4.61. The summed E-state index contributed by atoms with van der Waals surface area (Å²) < 4.78 is 0. The van der Waals surface area contributed by atoms with Crippen molar-refractivity contribution in [3.63, 3.8) is 0 Å². The van der Waals surface area contributed by atoms with Crippen LogP contribution in [0.5, 0.6) is 0 Å². The summed E-state index contributed by atoms with van der Waals surface area (Å²) in [7, 11) is 0. The van der Waals surface area contributed by atoms with Crippen molar-refractivity contribution < 1.29 is 4.79 Å². The standard InChI is InChI=1S/C9H5Cl2N2O/c10-8-9(11,5-14)13-7-4-2-1-3-6(7)12-8/h1-4,13H. The molecule has 1 aromatic rings. The number of alkyl halides is 1. The Bertz CT molecular complexity index is 419. The van der Waals surface area contributed by atoms with E-state index in [1.807, 2.05) is 12.1 Å². The lowest BCUT2D eigenvalue weighted by Gasteiger charge is -2.26. The van der Waals surface area contributed by atoms with Gasteiger partial charge in [-0.3, -0.25) is 4.79 Å². The van der Waals surface area contributed by atoms with Gasteiger partial charge in [-0.15, -0.1) is 0 Å². The number of fused-ring (bicyclic) bond motifs is 1. The topological polar surface area (TPSA) is 41.5 Å². The van der Waals surface area contributed by atoms with E-state index in [4.69, 9.17) is 23.2 Å².